The van der Waals surface area contributed by atoms with Gasteiger partial charge in [0, 0.05) is 15.1 Å². The second-order valence-electron chi connectivity index (χ2n) is 3.64. The van der Waals surface area contributed by atoms with Gasteiger partial charge in [-0.25, -0.2) is 0 Å². The van der Waals surface area contributed by atoms with E-state index in [-0.39, 0.29) is 5.78 Å². The summed E-state index contributed by atoms with van der Waals surface area (Å²) in [4.78, 5) is 15.6. The van der Waals surface area contributed by atoms with E-state index >= 15 is 0 Å². The number of ether oxygens (including phenoxy) is 1. The monoisotopic (exact) mass is 369 g/mol. The van der Waals surface area contributed by atoms with Crippen molar-refractivity contribution in [3.05, 3.63) is 51.2 Å². The maximum Gasteiger partial charge on any atom is 0.163 e. The molecule has 2 rings (SSSR count). The minimum absolute atomic E-state index is 0.0470. The number of aromatic nitrogens is 1. The highest BCUT2D eigenvalue weighted by Gasteiger charge is 2.10. The van der Waals surface area contributed by atoms with Gasteiger partial charge in [0.25, 0.3) is 0 Å². The van der Waals surface area contributed by atoms with Crippen LogP contribution in [0.25, 0.3) is 0 Å². The van der Waals surface area contributed by atoms with Crippen molar-refractivity contribution < 1.29 is 9.53 Å². The summed E-state index contributed by atoms with van der Waals surface area (Å²) in [6.07, 6.45) is 3.26. The smallest absolute Gasteiger partial charge is 0.163 e. The molecule has 1 aromatic heterocycles. The Morgan fingerprint density at radius 2 is 1.94 bits per heavy atom. The molecule has 0 amide bonds. The number of ketones is 1. The van der Waals surface area contributed by atoms with E-state index in [2.05, 4.69) is 36.8 Å². The Labute approximate surface area is 121 Å². The van der Waals surface area contributed by atoms with Crippen molar-refractivity contribution in [2.24, 2.45) is 0 Å². The predicted octanol–water partition coefficient (Wildman–Crippen LogP) is 4.60. The highest BCUT2D eigenvalue weighted by Crippen LogP contribution is 2.29. The zero-order chi connectivity index (χ0) is 13.1. The molecule has 0 aliphatic rings. The fourth-order valence-electron chi connectivity index (χ4n) is 1.44. The van der Waals surface area contributed by atoms with Crippen LogP contribution in [-0.4, -0.2) is 10.8 Å². The Hall–Kier alpha value is -1.20. The topological polar surface area (TPSA) is 39.2 Å². The molecular formula is C13H9Br2NO2. The van der Waals surface area contributed by atoms with Crippen LogP contribution in [0.2, 0.25) is 0 Å². The normalized spacial score (nSPS) is 10.2. The summed E-state index contributed by atoms with van der Waals surface area (Å²) in [6, 6.07) is 7.11. The summed E-state index contributed by atoms with van der Waals surface area (Å²) in [7, 11) is 0. The number of nitrogens with zero attached hydrogens (tertiary/aromatic N) is 1. The summed E-state index contributed by atoms with van der Waals surface area (Å²) in [5.41, 5.74) is 0.532. The molecule has 0 radical (unpaired) electrons. The second kappa shape index (κ2) is 5.63. The molecule has 0 aliphatic carbocycles. The average Bonchev–Trinajstić information content (AvgIpc) is 2.31. The Balaban J connectivity index is 2.37. The number of benzene rings is 1. The van der Waals surface area contributed by atoms with E-state index in [1.54, 1.807) is 30.6 Å². The van der Waals surface area contributed by atoms with E-state index in [1.807, 2.05) is 6.07 Å². The van der Waals surface area contributed by atoms with Gasteiger partial charge in [-0.15, -0.1) is 0 Å². The van der Waals surface area contributed by atoms with Crippen molar-refractivity contribution in [2.45, 2.75) is 6.92 Å². The lowest BCUT2D eigenvalue weighted by Crippen LogP contribution is -1.97. The number of rotatable bonds is 3. The minimum Gasteiger partial charge on any atom is -0.455 e. The average molecular weight is 371 g/mol. The summed E-state index contributed by atoms with van der Waals surface area (Å²) in [6.45, 7) is 1.51. The van der Waals surface area contributed by atoms with Crippen molar-refractivity contribution >= 4 is 37.6 Å². The molecule has 18 heavy (non-hydrogen) atoms. The number of pyridine rings is 1. The summed E-state index contributed by atoms with van der Waals surface area (Å²) in [5.74, 6) is 1.05. The Morgan fingerprint density at radius 1 is 1.17 bits per heavy atom. The Kier molecular flexibility index (Phi) is 4.14. The van der Waals surface area contributed by atoms with E-state index in [0.717, 1.165) is 8.95 Å². The van der Waals surface area contributed by atoms with Crippen molar-refractivity contribution in [3.63, 3.8) is 0 Å². The van der Waals surface area contributed by atoms with Gasteiger partial charge in [0.05, 0.1) is 11.8 Å². The maximum absolute atomic E-state index is 11.5. The molecule has 1 aromatic carbocycles. The molecule has 0 spiro atoms. The molecule has 1 heterocycles. The molecule has 0 saturated carbocycles. The van der Waals surface area contributed by atoms with E-state index in [1.165, 1.54) is 6.92 Å². The molecule has 5 heteroatoms. The zero-order valence-electron chi connectivity index (χ0n) is 9.48. The summed E-state index contributed by atoms with van der Waals surface area (Å²) in [5, 5.41) is 0. The molecule has 0 saturated heterocycles. The zero-order valence-corrected chi connectivity index (χ0v) is 12.7. The van der Waals surface area contributed by atoms with Crippen LogP contribution in [0, 0.1) is 0 Å². The first-order chi connectivity index (χ1) is 8.56. The SMILES string of the molecule is CC(=O)c1cc(Br)ccc1Oc1cncc(Br)c1. The van der Waals surface area contributed by atoms with E-state index in [0.29, 0.717) is 17.1 Å². The Bertz CT molecular complexity index is 599. The van der Waals surface area contributed by atoms with Gasteiger partial charge < -0.3 is 4.74 Å². The van der Waals surface area contributed by atoms with Gasteiger partial charge in [-0.2, -0.15) is 0 Å². The van der Waals surface area contributed by atoms with Crippen molar-refractivity contribution in [2.75, 3.05) is 0 Å². The molecule has 0 bridgehead atoms. The lowest BCUT2D eigenvalue weighted by atomic mass is 10.1. The molecule has 92 valence electrons. The van der Waals surface area contributed by atoms with Crippen molar-refractivity contribution in [1.82, 2.24) is 4.98 Å². The van der Waals surface area contributed by atoms with Crippen LogP contribution in [0.4, 0.5) is 0 Å². The summed E-state index contributed by atoms with van der Waals surface area (Å²) >= 11 is 6.65. The fourth-order valence-corrected chi connectivity index (χ4v) is 2.15. The van der Waals surface area contributed by atoms with Crippen molar-refractivity contribution in [3.8, 4) is 11.5 Å². The third kappa shape index (κ3) is 3.17. The number of Topliss-reactive ketones (excluding diaryl/α,β-unsaturated/α-hetero) is 1. The van der Waals surface area contributed by atoms with Gasteiger partial charge in [-0.3, -0.25) is 9.78 Å². The predicted molar refractivity (Wildman–Crippen MR) is 76.2 cm³/mol. The number of carbonyl (C=O) groups is 1. The maximum atomic E-state index is 11.5. The van der Waals surface area contributed by atoms with Crippen LogP contribution in [-0.2, 0) is 0 Å². The van der Waals surface area contributed by atoms with Crippen molar-refractivity contribution in [1.29, 1.82) is 0 Å². The van der Waals surface area contributed by atoms with Gasteiger partial charge in [0.15, 0.2) is 5.78 Å². The number of hydrogen-bond donors (Lipinski definition) is 0. The molecule has 0 N–H and O–H groups in total. The second-order valence-corrected chi connectivity index (χ2v) is 5.47. The summed E-state index contributed by atoms with van der Waals surface area (Å²) < 4.78 is 7.33. The third-order valence-electron chi connectivity index (χ3n) is 2.23. The standard InChI is InChI=1S/C13H9Br2NO2/c1-8(17)12-5-9(14)2-3-13(12)18-11-4-10(15)6-16-7-11/h2-7H,1H3. The van der Waals surface area contributed by atoms with Crippen LogP contribution >= 0.6 is 31.9 Å². The number of carbonyl (C=O) groups excluding carboxylic acids is 1. The Morgan fingerprint density at radius 3 is 2.61 bits per heavy atom. The highest BCUT2D eigenvalue weighted by molar-refractivity contribution is 9.10. The van der Waals surface area contributed by atoms with Crippen LogP contribution in [0.15, 0.2) is 45.6 Å². The van der Waals surface area contributed by atoms with Crippen LogP contribution in [0.3, 0.4) is 0 Å². The quantitative estimate of drug-likeness (QED) is 0.741. The lowest BCUT2D eigenvalue weighted by molar-refractivity contribution is 0.101. The molecule has 0 fully saturated rings. The molecule has 2 aromatic rings. The van der Waals surface area contributed by atoms with E-state index in [4.69, 9.17) is 4.74 Å². The largest absolute Gasteiger partial charge is 0.455 e. The fraction of sp³-hybridized carbons (Fsp3) is 0.0769. The van der Waals surface area contributed by atoms with Crippen LogP contribution in [0.1, 0.15) is 17.3 Å². The molecule has 0 aliphatic heterocycles. The van der Waals surface area contributed by atoms with Crippen LogP contribution < -0.4 is 4.74 Å². The van der Waals surface area contributed by atoms with Gasteiger partial charge in [0.2, 0.25) is 0 Å². The molecule has 3 nitrogen and oxygen atoms in total. The first-order valence-electron chi connectivity index (χ1n) is 5.15. The van der Waals surface area contributed by atoms with Gasteiger partial charge >= 0.3 is 0 Å². The van der Waals surface area contributed by atoms with E-state index < -0.39 is 0 Å². The number of hydrogen-bond acceptors (Lipinski definition) is 3. The van der Waals surface area contributed by atoms with Gasteiger partial charge in [0.1, 0.15) is 11.5 Å². The number of halogens is 2. The van der Waals surface area contributed by atoms with Gasteiger partial charge in [-0.1, -0.05) is 15.9 Å². The molecule has 0 atom stereocenters. The highest BCUT2D eigenvalue weighted by atomic mass is 79.9. The lowest BCUT2D eigenvalue weighted by Gasteiger charge is -2.09. The van der Waals surface area contributed by atoms with Gasteiger partial charge in [-0.05, 0) is 47.1 Å². The van der Waals surface area contributed by atoms with E-state index in [9.17, 15) is 4.79 Å². The first-order valence-corrected chi connectivity index (χ1v) is 6.74. The van der Waals surface area contributed by atoms with Crippen LogP contribution in [0.5, 0.6) is 11.5 Å². The third-order valence-corrected chi connectivity index (χ3v) is 3.16. The minimum atomic E-state index is -0.0470. The molecule has 0 unspecified atom stereocenters. The first kappa shape index (κ1) is 13.2. The molecular weight excluding hydrogens is 362 g/mol.